The predicted octanol–water partition coefficient (Wildman–Crippen LogP) is 5.71. The Morgan fingerprint density at radius 3 is 1.97 bits per heavy atom. The van der Waals surface area contributed by atoms with Gasteiger partial charge in [-0.15, -0.1) is 0 Å². The molecule has 0 radical (unpaired) electrons. The average molecular weight is 502 g/mol. The highest BCUT2D eigenvalue weighted by Gasteiger charge is 2.23. The number of anilines is 1. The van der Waals surface area contributed by atoms with Gasteiger partial charge in [0.1, 0.15) is 11.4 Å². The Kier molecular flexibility index (Phi) is 6.37. The Morgan fingerprint density at radius 2 is 1.20 bits per heavy atom. The van der Waals surface area contributed by atoms with Crippen LogP contribution in [0.3, 0.4) is 0 Å². The number of nitrogens with zero attached hydrogens (tertiary/aromatic N) is 2. The highest BCUT2D eigenvalue weighted by atomic mass is 35.5. The highest BCUT2D eigenvalue weighted by Crippen LogP contribution is 2.27. The third kappa shape index (κ3) is 4.70. The molecule has 2 aliphatic carbocycles. The van der Waals surface area contributed by atoms with Gasteiger partial charge in [-0.05, 0) is 78.3 Å². The molecule has 2 aliphatic rings. The summed E-state index contributed by atoms with van der Waals surface area (Å²) in [4.78, 5) is 33.1. The lowest BCUT2D eigenvalue weighted by atomic mass is 10.0. The Balaban J connectivity index is 0.000000145. The molecule has 0 fully saturated rings. The molecular formula is C28H21Cl2N3O2. The smallest absolute Gasteiger partial charge is 0.211 e. The average Bonchev–Trinajstić information content (AvgIpc) is 3.08. The van der Waals surface area contributed by atoms with Gasteiger partial charge in [-0.1, -0.05) is 47.5 Å². The number of hydrogen-bond acceptors (Lipinski definition) is 5. The zero-order chi connectivity index (χ0) is 24.5. The van der Waals surface area contributed by atoms with Crippen LogP contribution >= 0.6 is 23.2 Å². The molecular weight excluding hydrogens is 481 g/mol. The van der Waals surface area contributed by atoms with Gasteiger partial charge in [0.05, 0.1) is 16.9 Å². The molecule has 0 unspecified atom stereocenters. The summed E-state index contributed by atoms with van der Waals surface area (Å²) in [5, 5.41) is 1.24. The molecule has 0 aliphatic heterocycles. The van der Waals surface area contributed by atoms with E-state index in [0.29, 0.717) is 32.7 Å². The van der Waals surface area contributed by atoms with Crippen LogP contribution < -0.4 is 5.73 Å². The fraction of sp³-hybridized carbons (Fsp3) is 0.143. The molecule has 2 aromatic carbocycles. The van der Waals surface area contributed by atoms with E-state index in [-0.39, 0.29) is 11.6 Å². The number of benzene rings is 2. The lowest BCUT2D eigenvalue weighted by molar-refractivity contribution is 0.102. The van der Waals surface area contributed by atoms with Crippen LogP contribution in [0.5, 0.6) is 0 Å². The Morgan fingerprint density at radius 1 is 0.629 bits per heavy atom. The van der Waals surface area contributed by atoms with Crippen molar-refractivity contribution in [2.45, 2.75) is 25.7 Å². The Hall–Kier alpha value is -3.54. The maximum absolute atomic E-state index is 12.4. The van der Waals surface area contributed by atoms with Crippen molar-refractivity contribution in [3.05, 3.63) is 122 Å². The Labute approximate surface area is 212 Å². The molecule has 174 valence electrons. The topological polar surface area (TPSA) is 85.9 Å². The summed E-state index contributed by atoms with van der Waals surface area (Å²) in [6.45, 7) is 0. The number of aryl methyl sites for hydroxylation is 4. The van der Waals surface area contributed by atoms with Crippen LogP contribution in [0.4, 0.5) is 5.69 Å². The minimum Gasteiger partial charge on any atom is -0.397 e. The van der Waals surface area contributed by atoms with Crippen molar-refractivity contribution < 1.29 is 9.59 Å². The molecule has 35 heavy (non-hydrogen) atoms. The second kappa shape index (κ2) is 9.61. The molecule has 0 saturated heterocycles. The molecule has 6 rings (SSSR count). The SMILES string of the molecule is Nc1cnc2c(c1)CCc1cc(Cl)ccc1C2=O.O=C1c2ccccc2CCc2cc(Cl)cnc21. The molecule has 0 spiro atoms. The third-order valence-electron chi connectivity index (χ3n) is 6.25. The number of nitrogens with two attached hydrogens (primary N) is 1. The van der Waals surface area contributed by atoms with Gasteiger partial charge in [0, 0.05) is 22.3 Å². The quantitative estimate of drug-likeness (QED) is 0.333. The minimum atomic E-state index is -0.0471. The first kappa shape index (κ1) is 23.2. The summed E-state index contributed by atoms with van der Waals surface area (Å²) in [5.41, 5.74) is 12.7. The van der Waals surface area contributed by atoms with Crippen molar-refractivity contribution >= 4 is 40.5 Å². The molecule has 7 heteroatoms. The number of carbonyl (C=O) groups is 2. The van der Waals surface area contributed by atoms with Crippen LogP contribution in [0.1, 0.15) is 54.4 Å². The van der Waals surface area contributed by atoms with E-state index in [1.807, 2.05) is 42.5 Å². The number of carbonyl (C=O) groups excluding carboxylic acids is 2. The first-order valence-electron chi connectivity index (χ1n) is 11.3. The Bertz CT molecular complexity index is 1430. The van der Waals surface area contributed by atoms with Crippen LogP contribution in [-0.4, -0.2) is 21.5 Å². The molecule has 2 heterocycles. The van der Waals surface area contributed by atoms with Gasteiger partial charge in [0.2, 0.25) is 11.6 Å². The minimum absolute atomic E-state index is 0.00441. The van der Waals surface area contributed by atoms with E-state index in [0.717, 1.165) is 53.5 Å². The van der Waals surface area contributed by atoms with E-state index >= 15 is 0 Å². The van der Waals surface area contributed by atoms with Crippen LogP contribution in [0.25, 0.3) is 0 Å². The first-order valence-corrected chi connectivity index (χ1v) is 12.0. The van der Waals surface area contributed by atoms with Crippen molar-refractivity contribution in [1.29, 1.82) is 0 Å². The fourth-order valence-electron chi connectivity index (χ4n) is 4.54. The highest BCUT2D eigenvalue weighted by molar-refractivity contribution is 6.31. The number of aromatic nitrogens is 2. The van der Waals surface area contributed by atoms with E-state index in [1.54, 1.807) is 12.1 Å². The zero-order valence-corrected chi connectivity index (χ0v) is 20.2. The maximum atomic E-state index is 12.4. The lowest BCUT2D eigenvalue weighted by Gasteiger charge is -2.04. The molecule has 2 aromatic heterocycles. The van der Waals surface area contributed by atoms with Crippen LogP contribution in [0.2, 0.25) is 10.0 Å². The fourth-order valence-corrected chi connectivity index (χ4v) is 4.92. The van der Waals surface area contributed by atoms with Crippen molar-refractivity contribution in [3.63, 3.8) is 0 Å². The summed E-state index contributed by atoms with van der Waals surface area (Å²) >= 11 is 11.9. The standard InChI is InChI=1S/C14H11ClN2O.C14H10ClNO/c15-10-3-4-12-8(5-10)1-2-9-6-11(16)7-17-13(9)14(12)18;15-11-7-10-6-5-9-3-1-2-4-12(9)14(17)13(10)16-8-11/h3-7H,1-2,16H2;1-4,7-8H,5-6H2. The van der Waals surface area contributed by atoms with Gasteiger partial charge >= 0.3 is 0 Å². The molecule has 0 bridgehead atoms. The summed E-state index contributed by atoms with van der Waals surface area (Å²) in [7, 11) is 0. The number of halogens is 2. The third-order valence-corrected chi connectivity index (χ3v) is 6.69. The van der Waals surface area contributed by atoms with Crippen molar-refractivity contribution in [2.24, 2.45) is 0 Å². The van der Waals surface area contributed by atoms with Gasteiger partial charge in [-0.3, -0.25) is 19.6 Å². The van der Waals surface area contributed by atoms with Gasteiger partial charge < -0.3 is 5.73 Å². The summed E-state index contributed by atoms with van der Waals surface area (Å²) in [6.07, 6.45) is 6.26. The molecule has 0 saturated carbocycles. The van der Waals surface area contributed by atoms with Gasteiger partial charge in [-0.2, -0.15) is 0 Å². The number of ketones is 2. The summed E-state index contributed by atoms with van der Waals surface area (Å²) in [5.74, 6) is -0.0427. The van der Waals surface area contributed by atoms with Crippen molar-refractivity contribution in [2.75, 3.05) is 5.73 Å². The zero-order valence-electron chi connectivity index (χ0n) is 18.7. The number of pyridine rings is 2. The van der Waals surface area contributed by atoms with E-state index in [1.165, 1.54) is 12.4 Å². The van der Waals surface area contributed by atoms with E-state index < -0.39 is 0 Å². The molecule has 0 atom stereocenters. The summed E-state index contributed by atoms with van der Waals surface area (Å²) in [6, 6.07) is 16.7. The summed E-state index contributed by atoms with van der Waals surface area (Å²) < 4.78 is 0. The second-order valence-corrected chi connectivity index (χ2v) is 9.43. The van der Waals surface area contributed by atoms with Gasteiger partial charge in [-0.25, -0.2) is 0 Å². The normalized spacial score (nSPS) is 13.8. The van der Waals surface area contributed by atoms with E-state index in [2.05, 4.69) is 9.97 Å². The largest absolute Gasteiger partial charge is 0.397 e. The number of fused-ring (bicyclic) bond motifs is 4. The molecule has 0 amide bonds. The van der Waals surface area contributed by atoms with E-state index in [9.17, 15) is 9.59 Å². The van der Waals surface area contributed by atoms with Crippen molar-refractivity contribution in [3.8, 4) is 0 Å². The molecule has 4 aromatic rings. The number of nitrogen functional groups attached to an aromatic ring is 1. The first-order chi connectivity index (χ1) is 16.9. The molecule has 2 N–H and O–H groups in total. The van der Waals surface area contributed by atoms with Gasteiger partial charge in [0.25, 0.3) is 0 Å². The van der Waals surface area contributed by atoms with Gasteiger partial charge in [0.15, 0.2) is 0 Å². The number of hydrogen-bond donors (Lipinski definition) is 1. The monoisotopic (exact) mass is 501 g/mol. The van der Waals surface area contributed by atoms with Crippen LogP contribution in [0, 0.1) is 0 Å². The maximum Gasteiger partial charge on any atom is 0.211 e. The van der Waals surface area contributed by atoms with Crippen LogP contribution in [-0.2, 0) is 25.7 Å². The van der Waals surface area contributed by atoms with Crippen LogP contribution in [0.15, 0.2) is 67.0 Å². The van der Waals surface area contributed by atoms with Crippen molar-refractivity contribution in [1.82, 2.24) is 9.97 Å². The lowest BCUT2D eigenvalue weighted by Crippen LogP contribution is -2.07. The van der Waals surface area contributed by atoms with E-state index in [4.69, 9.17) is 28.9 Å². The number of rotatable bonds is 0. The molecule has 5 nitrogen and oxygen atoms in total. The second-order valence-electron chi connectivity index (χ2n) is 8.55. The predicted molar refractivity (Wildman–Crippen MR) is 137 cm³/mol.